The minimum Gasteiger partial charge on any atom is -0.504 e. The number of esters is 1. The first-order valence-corrected chi connectivity index (χ1v) is 6.43. The zero-order valence-corrected chi connectivity index (χ0v) is 10.9. The van der Waals surface area contributed by atoms with Crippen molar-refractivity contribution >= 4 is 5.97 Å². The first-order chi connectivity index (χ1) is 9.13. The van der Waals surface area contributed by atoms with Gasteiger partial charge in [-0.3, -0.25) is 0 Å². The quantitative estimate of drug-likeness (QED) is 0.649. The van der Waals surface area contributed by atoms with E-state index in [0.717, 1.165) is 25.7 Å². The smallest absolute Gasteiger partial charge is 0.341 e. The fraction of sp³-hybridized carbons (Fsp3) is 0.500. The molecule has 1 aliphatic carbocycles. The Labute approximate surface area is 111 Å². The van der Waals surface area contributed by atoms with E-state index in [1.807, 2.05) is 0 Å². The molecule has 0 aliphatic heterocycles. The van der Waals surface area contributed by atoms with Gasteiger partial charge in [-0.05, 0) is 37.8 Å². The molecule has 1 aromatic carbocycles. The van der Waals surface area contributed by atoms with Gasteiger partial charge >= 0.3 is 5.97 Å². The van der Waals surface area contributed by atoms with Crippen molar-refractivity contribution in [3.05, 3.63) is 17.7 Å². The zero-order chi connectivity index (χ0) is 13.8. The highest BCUT2D eigenvalue weighted by atomic mass is 16.5. The average Bonchev–Trinajstić information content (AvgIpc) is 2.44. The van der Waals surface area contributed by atoms with E-state index < -0.39 is 17.5 Å². The third kappa shape index (κ3) is 2.92. The number of methoxy groups -OCH3 is 1. The van der Waals surface area contributed by atoms with Crippen LogP contribution in [0.4, 0.5) is 0 Å². The molecule has 104 valence electrons. The Morgan fingerprint density at radius 3 is 2.47 bits per heavy atom. The first-order valence-electron chi connectivity index (χ1n) is 6.43. The standard InChI is InChI=1S/C14H18O5/c1-18-14(17)10-7-8-11(13(16)12(10)15)19-9-5-3-2-4-6-9/h7-9,15-16H,2-6H2,1H3. The molecule has 0 spiro atoms. The summed E-state index contributed by atoms with van der Waals surface area (Å²) in [4.78, 5) is 11.4. The number of carbonyl (C=O) groups excluding carboxylic acids is 1. The summed E-state index contributed by atoms with van der Waals surface area (Å²) in [6.07, 6.45) is 5.37. The van der Waals surface area contributed by atoms with Gasteiger partial charge in [-0.15, -0.1) is 0 Å². The lowest BCUT2D eigenvalue weighted by Gasteiger charge is -2.23. The first kappa shape index (κ1) is 13.5. The minimum absolute atomic E-state index is 0.0584. The van der Waals surface area contributed by atoms with Crippen molar-refractivity contribution in [1.29, 1.82) is 0 Å². The van der Waals surface area contributed by atoms with Crippen molar-refractivity contribution in [3.8, 4) is 17.2 Å². The molecule has 0 bridgehead atoms. The predicted molar refractivity (Wildman–Crippen MR) is 68.6 cm³/mol. The van der Waals surface area contributed by atoms with E-state index >= 15 is 0 Å². The monoisotopic (exact) mass is 266 g/mol. The van der Waals surface area contributed by atoms with E-state index in [1.54, 1.807) is 0 Å². The maximum atomic E-state index is 11.4. The summed E-state index contributed by atoms with van der Waals surface area (Å²) in [5, 5.41) is 19.6. The van der Waals surface area contributed by atoms with E-state index in [4.69, 9.17) is 4.74 Å². The molecule has 1 aromatic rings. The number of phenolic OH excluding ortho intramolecular Hbond substituents is 2. The number of ether oxygens (including phenoxy) is 2. The molecule has 0 aromatic heterocycles. The van der Waals surface area contributed by atoms with Gasteiger partial charge in [0.2, 0.25) is 5.75 Å². The number of hydrogen-bond donors (Lipinski definition) is 2. The van der Waals surface area contributed by atoms with Crippen LogP contribution in [0.3, 0.4) is 0 Å². The van der Waals surface area contributed by atoms with Gasteiger partial charge in [-0.1, -0.05) is 6.42 Å². The molecule has 5 heteroatoms. The van der Waals surface area contributed by atoms with Crippen molar-refractivity contribution in [1.82, 2.24) is 0 Å². The summed E-state index contributed by atoms with van der Waals surface area (Å²) >= 11 is 0. The second-order valence-electron chi connectivity index (χ2n) is 4.68. The summed E-state index contributed by atoms with van der Waals surface area (Å²) in [6, 6.07) is 2.87. The lowest BCUT2D eigenvalue weighted by molar-refractivity contribution is 0.0596. The molecule has 0 unspecified atom stereocenters. The Bertz CT molecular complexity index is 463. The Morgan fingerprint density at radius 1 is 1.16 bits per heavy atom. The van der Waals surface area contributed by atoms with Gasteiger partial charge in [0.25, 0.3) is 0 Å². The third-order valence-corrected chi connectivity index (χ3v) is 3.37. The van der Waals surface area contributed by atoms with E-state index in [2.05, 4.69) is 4.74 Å². The summed E-state index contributed by atoms with van der Waals surface area (Å²) in [6.45, 7) is 0. The number of benzene rings is 1. The van der Waals surface area contributed by atoms with Crippen LogP contribution in [0.1, 0.15) is 42.5 Å². The van der Waals surface area contributed by atoms with Gasteiger partial charge in [0.15, 0.2) is 11.5 Å². The van der Waals surface area contributed by atoms with E-state index in [1.165, 1.54) is 25.7 Å². The molecule has 19 heavy (non-hydrogen) atoms. The predicted octanol–water partition coefficient (Wildman–Crippen LogP) is 2.60. The molecule has 2 N–H and O–H groups in total. The molecule has 1 aliphatic rings. The van der Waals surface area contributed by atoms with Gasteiger partial charge < -0.3 is 19.7 Å². The topological polar surface area (TPSA) is 76.0 Å². The van der Waals surface area contributed by atoms with Gasteiger partial charge in [-0.2, -0.15) is 0 Å². The molecule has 0 atom stereocenters. The highest BCUT2D eigenvalue weighted by Gasteiger charge is 2.21. The molecule has 0 amide bonds. The van der Waals surface area contributed by atoms with Gasteiger partial charge in [-0.25, -0.2) is 4.79 Å². The number of hydrogen-bond acceptors (Lipinski definition) is 5. The van der Waals surface area contributed by atoms with E-state index in [9.17, 15) is 15.0 Å². The Kier molecular flexibility index (Phi) is 4.14. The lowest BCUT2D eigenvalue weighted by atomic mass is 9.98. The van der Waals surface area contributed by atoms with Crippen LogP contribution in [0.2, 0.25) is 0 Å². The average molecular weight is 266 g/mol. The molecular formula is C14H18O5. The molecule has 2 rings (SSSR count). The van der Waals surface area contributed by atoms with Crippen molar-refractivity contribution < 1.29 is 24.5 Å². The third-order valence-electron chi connectivity index (χ3n) is 3.37. The molecule has 0 saturated heterocycles. The zero-order valence-electron chi connectivity index (χ0n) is 10.9. The maximum Gasteiger partial charge on any atom is 0.341 e. The molecular weight excluding hydrogens is 248 g/mol. The van der Waals surface area contributed by atoms with Crippen LogP contribution in [0.5, 0.6) is 17.2 Å². The SMILES string of the molecule is COC(=O)c1ccc(OC2CCCCC2)c(O)c1O. The number of rotatable bonds is 3. The van der Waals surface area contributed by atoms with Crippen LogP contribution in [-0.4, -0.2) is 29.4 Å². The maximum absolute atomic E-state index is 11.4. The van der Waals surface area contributed by atoms with Crippen LogP contribution < -0.4 is 4.74 Å². The Morgan fingerprint density at radius 2 is 1.84 bits per heavy atom. The molecule has 5 nitrogen and oxygen atoms in total. The van der Waals surface area contributed by atoms with Gasteiger partial charge in [0.1, 0.15) is 5.56 Å². The molecule has 0 heterocycles. The second-order valence-corrected chi connectivity index (χ2v) is 4.68. The second kappa shape index (κ2) is 5.82. The normalized spacial score (nSPS) is 16.1. The van der Waals surface area contributed by atoms with Crippen LogP contribution in [0.15, 0.2) is 12.1 Å². The van der Waals surface area contributed by atoms with E-state index in [0.29, 0.717) is 0 Å². The summed E-state index contributed by atoms with van der Waals surface area (Å²) < 4.78 is 10.2. The number of aromatic hydroxyl groups is 2. The molecule has 1 fully saturated rings. The lowest BCUT2D eigenvalue weighted by Crippen LogP contribution is -2.19. The summed E-state index contributed by atoms with van der Waals surface area (Å²) in [5.41, 5.74) is -0.0732. The van der Waals surface area contributed by atoms with Crippen molar-refractivity contribution in [3.63, 3.8) is 0 Å². The van der Waals surface area contributed by atoms with Crippen LogP contribution in [0.25, 0.3) is 0 Å². The largest absolute Gasteiger partial charge is 0.504 e. The summed E-state index contributed by atoms with van der Waals surface area (Å²) in [7, 11) is 1.21. The van der Waals surface area contributed by atoms with Crippen molar-refractivity contribution in [2.24, 2.45) is 0 Å². The fourth-order valence-electron chi connectivity index (χ4n) is 2.29. The number of phenols is 2. The van der Waals surface area contributed by atoms with Crippen molar-refractivity contribution in [2.45, 2.75) is 38.2 Å². The molecule has 1 saturated carbocycles. The van der Waals surface area contributed by atoms with Crippen LogP contribution >= 0.6 is 0 Å². The van der Waals surface area contributed by atoms with Crippen LogP contribution in [0, 0.1) is 0 Å². The Balaban J connectivity index is 2.18. The molecule has 0 radical (unpaired) electrons. The fourth-order valence-corrected chi connectivity index (χ4v) is 2.29. The van der Waals surface area contributed by atoms with Gasteiger partial charge in [0, 0.05) is 0 Å². The highest BCUT2D eigenvalue weighted by molar-refractivity contribution is 5.93. The highest BCUT2D eigenvalue weighted by Crippen LogP contribution is 2.39. The Hall–Kier alpha value is -1.91. The minimum atomic E-state index is -0.697. The summed E-state index contributed by atoms with van der Waals surface area (Å²) in [5.74, 6) is -1.40. The van der Waals surface area contributed by atoms with Gasteiger partial charge in [0.05, 0.1) is 13.2 Å². The number of carbonyl (C=O) groups is 1. The van der Waals surface area contributed by atoms with Crippen LogP contribution in [-0.2, 0) is 4.74 Å². The van der Waals surface area contributed by atoms with E-state index in [-0.39, 0.29) is 17.4 Å². The van der Waals surface area contributed by atoms with Crippen molar-refractivity contribution in [2.75, 3.05) is 7.11 Å².